The minimum Gasteiger partial charge on any atom is -0.334 e. The second-order valence-electron chi connectivity index (χ2n) is 6.13. The van der Waals surface area contributed by atoms with E-state index in [9.17, 15) is 9.59 Å². The third-order valence-corrected chi connectivity index (χ3v) is 4.18. The molecule has 0 unspecified atom stereocenters. The first-order chi connectivity index (χ1) is 13.5. The molecule has 3 aromatic rings. The molecule has 28 heavy (non-hydrogen) atoms. The predicted octanol–water partition coefficient (Wildman–Crippen LogP) is 3.27. The Balaban J connectivity index is 1.50. The van der Waals surface area contributed by atoms with Gasteiger partial charge in [0.05, 0.1) is 23.6 Å². The quantitative estimate of drug-likeness (QED) is 0.596. The van der Waals surface area contributed by atoms with E-state index >= 15 is 0 Å². The van der Waals surface area contributed by atoms with Crippen LogP contribution in [0.25, 0.3) is 5.69 Å². The highest BCUT2D eigenvalue weighted by atomic mass is 35.5. The van der Waals surface area contributed by atoms with Gasteiger partial charge in [0.1, 0.15) is 0 Å². The van der Waals surface area contributed by atoms with E-state index in [1.807, 2.05) is 49.5 Å². The summed E-state index contributed by atoms with van der Waals surface area (Å²) in [6.45, 7) is 2.08. The number of carbonyl (C=O) groups is 2. The standard InChI is InChI=1S/C20H20ClN5O2/c1-14-10-11-26(25-14)18-5-3-2-4-17(18)24-19(27)13-23-20(28)22-12-15-6-8-16(21)9-7-15/h2-11H,12-13H2,1H3,(H,24,27)(H2,22,23,28). The number of carbonyl (C=O) groups excluding carboxylic acids is 2. The summed E-state index contributed by atoms with van der Waals surface area (Å²) in [6.07, 6.45) is 1.82. The molecule has 8 heteroatoms. The summed E-state index contributed by atoms with van der Waals surface area (Å²) in [5, 5.41) is 13.0. The smallest absolute Gasteiger partial charge is 0.315 e. The molecule has 0 fully saturated rings. The van der Waals surface area contributed by atoms with Crippen molar-refractivity contribution in [2.45, 2.75) is 13.5 Å². The number of aromatic nitrogens is 2. The molecule has 3 amide bonds. The summed E-state index contributed by atoms with van der Waals surface area (Å²) in [7, 11) is 0. The molecule has 1 aromatic heterocycles. The number of hydrogen-bond acceptors (Lipinski definition) is 3. The topological polar surface area (TPSA) is 88.0 Å². The van der Waals surface area contributed by atoms with Gasteiger partial charge in [-0.25, -0.2) is 9.48 Å². The molecule has 3 rings (SSSR count). The van der Waals surface area contributed by atoms with Crippen LogP contribution in [0.2, 0.25) is 5.02 Å². The predicted molar refractivity (Wildman–Crippen MR) is 109 cm³/mol. The lowest BCUT2D eigenvalue weighted by molar-refractivity contribution is -0.115. The molecule has 0 spiro atoms. The lowest BCUT2D eigenvalue weighted by Crippen LogP contribution is -2.39. The average molecular weight is 398 g/mol. The molecule has 1 heterocycles. The van der Waals surface area contributed by atoms with Gasteiger partial charge >= 0.3 is 6.03 Å². The van der Waals surface area contributed by atoms with Crippen LogP contribution < -0.4 is 16.0 Å². The number of rotatable bonds is 6. The molecule has 2 aromatic carbocycles. The van der Waals surface area contributed by atoms with Gasteiger partial charge in [-0.05, 0) is 42.8 Å². The maximum atomic E-state index is 12.2. The number of hydrogen-bond donors (Lipinski definition) is 3. The van der Waals surface area contributed by atoms with Crippen LogP contribution in [0, 0.1) is 6.92 Å². The highest BCUT2D eigenvalue weighted by Gasteiger charge is 2.10. The second kappa shape index (κ2) is 9.05. The summed E-state index contributed by atoms with van der Waals surface area (Å²) >= 11 is 5.83. The van der Waals surface area contributed by atoms with Crippen LogP contribution in [-0.4, -0.2) is 28.3 Å². The molecule has 0 aliphatic heterocycles. The number of halogens is 1. The third-order valence-electron chi connectivity index (χ3n) is 3.92. The first-order valence-electron chi connectivity index (χ1n) is 8.69. The average Bonchev–Trinajstić information content (AvgIpc) is 3.12. The van der Waals surface area contributed by atoms with E-state index in [1.165, 1.54) is 0 Å². The van der Waals surface area contributed by atoms with Gasteiger partial charge in [0.15, 0.2) is 0 Å². The number of nitrogens with one attached hydrogen (secondary N) is 3. The number of amides is 3. The number of anilines is 1. The van der Waals surface area contributed by atoms with Crippen molar-refractivity contribution >= 4 is 29.2 Å². The molecule has 0 aliphatic rings. The van der Waals surface area contributed by atoms with Gasteiger partial charge in [0.25, 0.3) is 0 Å². The molecule has 144 valence electrons. The maximum Gasteiger partial charge on any atom is 0.315 e. The van der Waals surface area contributed by atoms with Crippen molar-refractivity contribution in [3.63, 3.8) is 0 Å². The van der Waals surface area contributed by atoms with Gasteiger partial charge < -0.3 is 16.0 Å². The highest BCUT2D eigenvalue weighted by Crippen LogP contribution is 2.19. The van der Waals surface area contributed by atoms with Crippen molar-refractivity contribution < 1.29 is 9.59 Å². The minimum atomic E-state index is -0.430. The van der Waals surface area contributed by atoms with Crippen molar-refractivity contribution in [1.29, 1.82) is 0 Å². The highest BCUT2D eigenvalue weighted by molar-refractivity contribution is 6.30. The lowest BCUT2D eigenvalue weighted by Gasteiger charge is -2.12. The second-order valence-corrected chi connectivity index (χ2v) is 6.57. The van der Waals surface area contributed by atoms with Crippen LogP contribution >= 0.6 is 11.6 Å². The Labute approximate surface area is 167 Å². The largest absolute Gasteiger partial charge is 0.334 e. The Morgan fingerprint density at radius 3 is 2.50 bits per heavy atom. The number of para-hydroxylation sites is 2. The van der Waals surface area contributed by atoms with Crippen LogP contribution in [0.15, 0.2) is 60.8 Å². The summed E-state index contributed by atoms with van der Waals surface area (Å²) in [4.78, 5) is 24.1. The van der Waals surface area contributed by atoms with Crippen LogP contribution in [0.4, 0.5) is 10.5 Å². The van der Waals surface area contributed by atoms with Crippen LogP contribution in [0.1, 0.15) is 11.3 Å². The van der Waals surface area contributed by atoms with Gasteiger partial charge in [-0.15, -0.1) is 0 Å². The van der Waals surface area contributed by atoms with Gasteiger partial charge in [-0.2, -0.15) is 5.10 Å². The Morgan fingerprint density at radius 1 is 1.04 bits per heavy atom. The van der Waals surface area contributed by atoms with Crippen molar-refractivity contribution in [3.8, 4) is 5.69 Å². The van der Waals surface area contributed by atoms with E-state index in [-0.39, 0.29) is 12.5 Å². The lowest BCUT2D eigenvalue weighted by atomic mass is 10.2. The fourth-order valence-electron chi connectivity index (χ4n) is 2.53. The Hall–Kier alpha value is -3.32. The number of aryl methyl sites for hydroxylation is 1. The first kappa shape index (κ1) is 19.4. The Kier molecular flexibility index (Phi) is 6.29. The van der Waals surface area contributed by atoms with E-state index in [2.05, 4.69) is 21.0 Å². The molecule has 0 bridgehead atoms. The zero-order chi connectivity index (χ0) is 19.9. The monoisotopic (exact) mass is 397 g/mol. The molecular formula is C20H20ClN5O2. The van der Waals surface area contributed by atoms with Crippen LogP contribution in [0.5, 0.6) is 0 Å². The SMILES string of the molecule is Cc1ccn(-c2ccccc2NC(=O)CNC(=O)NCc2ccc(Cl)cc2)n1. The fourth-order valence-corrected chi connectivity index (χ4v) is 2.66. The van der Waals surface area contributed by atoms with E-state index < -0.39 is 6.03 Å². The van der Waals surface area contributed by atoms with Crippen molar-refractivity contribution in [1.82, 2.24) is 20.4 Å². The molecular weight excluding hydrogens is 378 g/mol. The Bertz CT molecular complexity index is 969. The summed E-state index contributed by atoms with van der Waals surface area (Å²) < 4.78 is 1.69. The van der Waals surface area contributed by atoms with E-state index in [0.717, 1.165) is 16.9 Å². The summed E-state index contributed by atoms with van der Waals surface area (Å²) in [5.41, 5.74) is 3.14. The van der Waals surface area contributed by atoms with Crippen molar-refractivity contribution in [3.05, 3.63) is 77.1 Å². The molecule has 3 N–H and O–H groups in total. The maximum absolute atomic E-state index is 12.2. The fraction of sp³-hybridized carbons (Fsp3) is 0.150. The molecule has 0 saturated carbocycles. The normalized spacial score (nSPS) is 10.4. The first-order valence-corrected chi connectivity index (χ1v) is 9.07. The number of urea groups is 1. The third kappa shape index (κ3) is 5.34. The molecule has 0 aliphatic carbocycles. The van der Waals surface area contributed by atoms with E-state index in [4.69, 9.17) is 11.6 Å². The number of benzene rings is 2. The Morgan fingerprint density at radius 2 is 1.79 bits per heavy atom. The molecule has 7 nitrogen and oxygen atoms in total. The molecule has 0 saturated heterocycles. The zero-order valence-corrected chi connectivity index (χ0v) is 16.0. The van der Waals surface area contributed by atoms with E-state index in [0.29, 0.717) is 17.3 Å². The van der Waals surface area contributed by atoms with Gasteiger partial charge in [-0.3, -0.25) is 4.79 Å². The molecule has 0 atom stereocenters. The van der Waals surface area contributed by atoms with Gasteiger partial charge in [0, 0.05) is 17.8 Å². The van der Waals surface area contributed by atoms with Gasteiger partial charge in [0.2, 0.25) is 5.91 Å². The minimum absolute atomic E-state index is 0.154. The van der Waals surface area contributed by atoms with Crippen LogP contribution in [0.3, 0.4) is 0 Å². The van der Waals surface area contributed by atoms with Crippen LogP contribution in [-0.2, 0) is 11.3 Å². The van der Waals surface area contributed by atoms with Gasteiger partial charge in [-0.1, -0.05) is 35.9 Å². The zero-order valence-electron chi connectivity index (χ0n) is 15.3. The van der Waals surface area contributed by atoms with Crippen molar-refractivity contribution in [2.24, 2.45) is 0 Å². The summed E-state index contributed by atoms with van der Waals surface area (Å²) in [6, 6.07) is 15.9. The summed E-state index contributed by atoms with van der Waals surface area (Å²) in [5.74, 6) is -0.335. The number of nitrogens with zero attached hydrogens (tertiary/aromatic N) is 2. The van der Waals surface area contributed by atoms with E-state index in [1.54, 1.807) is 22.9 Å². The molecule has 0 radical (unpaired) electrons. The van der Waals surface area contributed by atoms with Crippen molar-refractivity contribution in [2.75, 3.05) is 11.9 Å².